The first kappa shape index (κ1) is 30.3. The zero-order valence-corrected chi connectivity index (χ0v) is 21.2. The highest BCUT2D eigenvalue weighted by atomic mass is 16.4. The van der Waals surface area contributed by atoms with Crippen molar-refractivity contribution in [2.45, 2.75) is 69.6 Å². The van der Waals surface area contributed by atoms with E-state index < -0.39 is 60.2 Å². The van der Waals surface area contributed by atoms with Crippen molar-refractivity contribution in [3.05, 3.63) is 36.0 Å². The summed E-state index contributed by atoms with van der Waals surface area (Å²) in [5.74, 6) is -4.66. The average molecular weight is 533 g/mol. The molecule has 0 radical (unpaired) electrons. The lowest BCUT2D eigenvalue weighted by atomic mass is 10.0. The molecule has 1 heterocycles. The van der Waals surface area contributed by atoms with E-state index in [0.717, 1.165) is 16.5 Å². The van der Waals surface area contributed by atoms with Crippen molar-refractivity contribution < 1.29 is 34.2 Å². The van der Waals surface area contributed by atoms with Crippen molar-refractivity contribution in [2.24, 2.45) is 11.5 Å². The van der Waals surface area contributed by atoms with Gasteiger partial charge in [0.2, 0.25) is 17.7 Å². The fourth-order valence-corrected chi connectivity index (χ4v) is 3.83. The van der Waals surface area contributed by atoms with Gasteiger partial charge in [0.05, 0.1) is 6.04 Å². The molecule has 0 aliphatic heterocycles. The predicted octanol–water partition coefficient (Wildman–Crippen LogP) is -0.410. The third kappa shape index (κ3) is 9.16. The molecule has 38 heavy (non-hydrogen) atoms. The summed E-state index contributed by atoms with van der Waals surface area (Å²) in [5, 5.41) is 26.4. The molecule has 10 N–H and O–H groups in total. The molecule has 0 spiro atoms. The Kier molecular flexibility index (Phi) is 11.7. The summed E-state index contributed by atoms with van der Waals surface area (Å²) in [6.45, 7) is 1.70. The van der Waals surface area contributed by atoms with E-state index in [1.807, 2.05) is 24.3 Å². The number of nitrogens with one attached hydrogen (secondary N) is 4. The monoisotopic (exact) mass is 532 g/mol. The number of unbranched alkanes of at least 4 members (excludes halogenated alkanes) is 1. The van der Waals surface area contributed by atoms with Gasteiger partial charge in [0.1, 0.15) is 18.1 Å². The van der Waals surface area contributed by atoms with Gasteiger partial charge in [-0.15, -0.1) is 0 Å². The number of fused-ring (bicyclic) bond motifs is 1. The molecule has 2 aromatic rings. The largest absolute Gasteiger partial charge is 0.481 e. The maximum Gasteiger partial charge on any atom is 0.325 e. The Hall–Kier alpha value is -3.97. The second kappa shape index (κ2) is 14.7. The summed E-state index contributed by atoms with van der Waals surface area (Å²) in [4.78, 5) is 64.3. The molecule has 0 saturated carbocycles. The molecule has 1 aromatic carbocycles. The molecule has 2 rings (SSSR count). The van der Waals surface area contributed by atoms with Gasteiger partial charge in [-0.1, -0.05) is 24.6 Å². The molecule has 13 heteroatoms. The third-order valence-corrected chi connectivity index (χ3v) is 6.05. The number of H-pyrrole nitrogens is 1. The number of aromatic nitrogens is 1. The first-order valence-electron chi connectivity index (χ1n) is 12.4. The van der Waals surface area contributed by atoms with Crippen molar-refractivity contribution in [3.63, 3.8) is 0 Å². The van der Waals surface area contributed by atoms with Crippen LogP contribution in [0.3, 0.4) is 0 Å². The van der Waals surface area contributed by atoms with Gasteiger partial charge < -0.3 is 42.6 Å². The summed E-state index contributed by atoms with van der Waals surface area (Å²) < 4.78 is 0. The highest BCUT2D eigenvalue weighted by Gasteiger charge is 2.30. The van der Waals surface area contributed by atoms with E-state index in [9.17, 15) is 24.0 Å². The Morgan fingerprint density at radius 1 is 0.921 bits per heavy atom. The van der Waals surface area contributed by atoms with Crippen LogP contribution in [0.25, 0.3) is 10.9 Å². The number of nitrogens with two attached hydrogens (primary N) is 2. The minimum atomic E-state index is -1.35. The summed E-state index contributed by atoms with van der Waals surface area (Å²) in [5.41, 5.74) is 13.1. The van der Waals surface area contributed by atoms with Crippen LogP contribution < -0.4 is 27.4 Å². The summed E-state index contributed by atoms with van der Waals surface area (Å²) in [7, 11) is 0. The van der Waals surface area contributed by atoms with E-state index in [4.69, 9.17) is 21.7 Å². The number of rotatable bonds is 16. The molecule has 4 atom stereocenters. The van der Waals surface area contributed by atoms with E-state index in [1.54, 1.807) is 6.20 Å². The van der Waals surface area contributed by atoms with Crippen LogP contribution in [0.15, 0.2) is 30.5 Å². The summed E-state index contributed by atoms with van der Waals surface area (Å²) >= 11 is 0. The Morgan fingerprint density at radius 2 is 1.58 bits per heavy atom. The number of carbonyl (C=O) groups is 5. The molecule has 0 bridgehead atoms. The predicted molar refractivity (Wildman–Crippen MR) is 139 cm³/mol. The van der Waals surface area contributed by atoms with Gasteiger partial charge in [-0.05, 0) is 44.4 Å². The first-order chi connectivity index (χ1) is 18.0. The van der Waals surface area contributed by atoms with Gasteiger partial charge >= 0.3 is 11.9 Å². The minimum absolute atomic E-state index is 0.0515. The van der Waals surface area contributed by atoms with Gasteiger partial charge in [0.25, 0.3) is 0 Å². The van der Waals surface area contributed by atoms with Crippen LogP contribution in [-0.4, -0.2) is 75.6 Å². The zero-order chi connectivity index (χ0) is 28.2. The van der Waals surface area contributed by atoms with E-state index in [0.29, 0.717) is 25.8 Å². The Bertz CT molecular complexity index is 1130. The number of hydrogen-bond donors (Lipinski definition) is 8. The van der Waals surface area contributed by atoms with Crippen molar-refractivity contribution >= 4 is 40.6 Å². The SMILES string of the molecule is CC(NC(=O)C(CCC(=O)O)NC(=O)C(Cc1c[nH]c2ccccc12)NC(=O)C(N)CCCCN)C(=O)O. The Labute approximate surface area is 219 Å². The van der Waals surface area contributed by atoms with Crippen LogP contribution in [-0.2, 0) is 30.4 Å². The number of aromatic amines is 1. The molecule has 0 saturated heterocycles. The molecule has 0 aliphatic rings. The van der Waals surface area contributed by atoms with Crippen LogP contribution >= 0.6 is 0 Å². The second-order valence-electron chi connectivity index (χ2n) is 9.08. The summed E-state index contributed by atoms with van der Waals surface area (Å²) in [6, 6.07) is 2.74. The van der Waals surface area contributed by atoms with E-state index in [-0.39, 0.29) is 12.8 Å². The van der Waals surface area contributed by atoms with Gasteiger partial charge in [0.15, 0.2) is 0 Å². The molecular formula is C25H36N6O7. The first-order valence-corrected chi connectivity index (χ1v) is 12.4. The van der Waals surface area contributed by atoms with Gasteiger partial charge in [-0.25, -0.2) is 0 Å². The number of carboxylic acid groups (broad SMARTS) is 2. The van der Waals surface area contributed by atoms with E-state index >= 15 is 0 Å². The highest BCUT2D eigenvalue weighted by molar-refractivity contribution is 5.95. The topological polar surface area (TPSA) is 230 Å². The third-order valence-electron chi connectivity index (χ3n) is 6.05. The quantitative estimate of drug-likeness (QED) is 0.131. The van der Waals surface area contributed by atoms with Crippen LogP contribution in [0.4, 0.5) is 0 Å². The maximum absolute atomic E-state index is 13.4. The van der Waals surface area contributed by atoms with Gasteiger partial charge in [0, 0.05) is 29.9 Å². The molecule has 0 aliphatic carbocycles. The smallest absolute Gasteiger partial charge is 0.325 e. The molecular weight excluding hydrogens is 496 g/mol. The Balaban J connectivity index is 2.26. The number of hydrogen-bond acceptors (Lipinski definition) is 7. The molecule has 4 unspecified atom stereocenters. The molecule has 208 valence electrons. The number of benzene rings is 1. The van der Waals surface area contributed by atoms with Gasteiger partial charge in [-0.2, -0.15) is 0 Å². The molecule has 1 aromatic heterocycles. The lowest BCUT2D eigenvalue weighted by Gasteiger charge is -2.24. The van der Waals surface area contributed by atoms with Crippen molar-refractivity contribution in [2.75, 3.05) is 6.54 Å². The number of aliphatic carboxylic acids is 2. The molecule has 13 nitrogen and oxygen atoms in total. The van der Waals surface area contributed by atoms with Crippen molar-refractivity contribution in [1.82, 2.24) is 20.9 Å². The number of para-hydroxylation sites is 1. The minimum Gasteiger partial charge on any atom is -0.481 e. The number of carboxylic acids is 2. The number of carbonyl (C=O) groups excluding carboxylic acids is 3. The fourth-order valence-electron chi connectivity index (χ4n) is 3.83. The average Bonchev–Trinajstić information content (AvgIpc) is 3.28. The van der Waals surface area contributed by atoms with Crippen LogP contribution in [0.5, 0.6) is 0 Å². The highest BCUT2D eigenvalue weighted by Crippen LogP contribution is 2.19. The zero-order valence-electron chi connectivity index (χ0n) is 21.2. The molecule has 0 fully saturated rings. The molecule has 3 amide bonds. The van der Waals surface area contributed by atoms with Gasteiger partial charge in [-0.3, -0.25) is 24.0 Å². The lowest BCUT2D eigenvalue weighted by molar-refractivity contribution is -0.142. The Morgan fingerprint density at radius 3 is 2.24 bits per heavy atom. The maximum atomic E-state index is 13.4. The summed E-state index contributed by atoms with van der Waals surface area (Å²) in [6.07, 6.45) is 2.70. The standard InChI is InChI=1S/C25H36N6O7/c1-14(25(37)38)29-23(35)19(9-10-21(32)33)30-24(36)20(31-22(34)17(27)7-4-5-11-26)12-15-13-28-18-8-3-2-6-16(15)18/h2-3,6,8,13-14,17,19-20,28H,4-5,7,9-12,26-27H2,1H3,(H,29,35)(H,30,36)(H,31,34)(H,32,33)(H,37,38). The van der Waals surface area contributed by atoms with Crippen molar-refractivity contribution in [3.8, 4) is 0 Å². The normalized spacial score (nSPS) is 14.2. The van der Waals surface area contributed by atoms with Crippen LogP contribution in [0, 0.1) is 0 Å². The van der Waals surface area contributed by atoms with Crippen LogP contribution in [0.2, 0.25) is 0 Å². The van der Waals surface area contributed by atoms with E-state index in [1.165, 1.54) is 6.92 Å². The fraction of sp³-hybridized carbons (Fsp3) is 0.480. The van der Waals surface area contributed by atoms with Crippen LogP contribution in [0.1, 0.15) is 44.6 Å². The van der Waals surface area contributed by atoms with E-state index in [2.05, 4.69) is 20.9 Å². The number of amides is 3. The van der Waals surface area contributed by atoms with Crippen molar-refractivity contribution in [1.29, 1.82) is 0 Å². The lowest BCUT2D eigenvalue weighted by Crippen LogP contribution is -2.57. The second-order valence-corrected chi connectivity index (χ2v) is 9.08.